The Morgan fingerprint density at radius 3 is 1.45 bits per heavy atom. The van der Waals surface area contributed by atoms with Crippen LogP contribution in [-0.4, -0.2) is 0 Å². The zero-order valence-corrected chi connectivity index (χ0v) is 13.7. The molecular weight excluding hydrogens is 283 g/mol. The Morgan fingerprint density at radius 1 is 0.750 bits per heavy atom. The lowest BCUT2D eigenvalue weighted by Gasteiger charge is -2.20. The molecule has 0 aromatic heterocycles. The summed E-state index contributed by atoms with van der Waals surface area (Å²) in [6.45, 7) is 4.27. The van der Waals surface area contributed by atoms with Crippen LogP contribution >= 0.6 is 18.5 Å². The number of rotatable bonds is 2. The normalized spacial score (nSPS) is 23.1. The molecule has 1 heterocycles. The molecule has 2 atom stereocenters. The first-order valence-electron chi connectivity index (χ1n) is 7.22. The maximum absolute atomic E-state index is 6.86. The summed E-state index contributed by atoms with van der Waals surface area (Å²) in [4.78, 5) is 0. The summed E-state index contributed by atoms with van der Waals surface area (Å²) < 4.78 is 0. The average Bonchev–Trinajstić information content (AvgIpc) is 2.83. The quantitative estimate of drug-likeness (QED) is 0.554. The second-order valence-corrected chi connectivity index (χ2v) is 8.88. The first-order valence-corrected chi connectivity index (χ1v) is 9.61. The molecule has 3 rings (SSSR count). The Bertz CT molecular complexity index is 520. The second-order valence-electron chi connectivity index (χ2n) is 5.77. The van der Waals surface area contributed by atoms with Crippen LogP contribution in [0.15, 0.2) is 48.5 Å². The molecule has 2 aromatic carbocycles. The first-order chi connectivity index (χ1) is 9.65. The molecule has 0 radical (unpaired) electrons. The van der Waals surface area contributed by atoms with E-state index in [1.807, 2.05) is 0 Å². The molecule has 0 N–H and O–H groups in total. The molecular formula is C18H20ClP. The highest BCUT2D eigenvalue weighted by Crippen LogP contribution is 2.73. The molecule has 1 aliphatic heterocycles. The fourth-order valence-corrected chi connectivity index (χ4v) is 6.38. The van der Waals surface area contributed by atoms with E-state index in [1.54, 1.807) is 0 Å². The predicted molar refractivity (Wildman–Crippen MR) is 89.8 cm³/mol. The Labute approximate surface area is 127 Å². The van der Waals surface area contributed by atoms with Gasteiger partial charge in [-0.3, -0.25) is 0 Å². The second kappa shape index (κ2) is 5.88. The summed E-state index contributed by atoms with van der Waals surface area (Å²) in [6, 6.07) is 17.8. The highest BCUT2D eigenvalue weighted by atomic mass is 35.7. The Balaban J connectivity index is 1.81. The van der Waals surface area contributed by atoms with Crippen LogP contribution in [0, 0.1) is 13.8 Å². The van der Waals surface area contributed by atoms with E-state index in [2.05, 4.69) is 62.4 Å². The minimum absolute atomic E-state index is 0.491. The van der Waals surface area contributed by atoms with Crippen LogP contribution < -0.4 is 0 Å². The summed E-state index contributed by atoms with van der Waals surface area (Å²) >= 11 is 6.86. The highest BCUT2D eigenvalue weighted by Gasteiger charge is 2.36. The van der Waals surface area contributed by atoms with Crippen LogP contribution in [0.4, 0.5) is 0 Å². The van der Waals surface area contributed by atoms with Crippen LogP contribution in [0.2, 0.25) is 0 Å². The molecule has 20 heavy (non-hydrogen) atoms. The first kappa shape index (κ1) is 14.1. The van der Waals surface area contributed by atoms with Crippen molar-refractivity contribution in [1.82, 2.24) is 0 Å². The van der Waals surface area contributed by atoms with Gasteiger partial charge in [0.2, 0.25) is 0 Å². The van der Waals surface area contributed by atoms with Gasteiger partial charge in [0.05, 0.1) is 0 Å². The van der Waals surface area contributed by atoms with Crippen molar-refractivity contribution >= 4 is 18.5 Å². The van der Waals surface area contributed by atoms with Crippen molar-refractivity contribution in [2.45, 2.75) is 38.0 Å². The van der Waals surface area contributed by atoms with Crippen molar-refractivity contribution in [2.75, 3.05) is 0 Å². The minimum atomic E-state index is -0.491. The highest BCUT2D eigenvalue weighted by molar-refractivity contribution is 7.84. The fraction of sp³-hybridized carbons (Fsp3) is 0.333. The SMILES string of the molecule is Cc1ccc([C@@H]2CC[C@@H](c3ccc(C)cc3)P2Cl)cc1. The molecule has 1 fully saturated rings. The standard InChI is InChI=1S/C18H20ClP/c1-13-3-7-15(8-4-13)17-11-12-18(20(17)19)16-9-5-14(2)6-10-16/h3-10,17-18H,11-12H2,1-2H3/t17-,18-/m0/s1. The Kier molecular flexibility index (Phi) is 4.15. The van der Waals surface area contributed by atoms with E-state index in [9.17, 15) is 0 Å². The van der Waals surface area contributed by atoms with E-state index < -0.39 is 7.27 Å². The molecule has 2 aromatic rings. The van der Waals surface area contributed by atoms with Gasteiger partial charge >= 0.3 is 0 Å². The molecule has 2 heteroatoms. The molecule has 0 unspecified atom stereocenters. The summed E-state index contributed by atoms with van der Waals surface area (Å²) in [5.74, 6) is 0. The van der Waals surface area contributed by atoms with Crippen LogP contribution in [0.3, 0.4) is 0 Å². The number of benzene rings is 2. The van der Waals surface area contributed by atoms with Crippen molar-refractivity contribution in [1.29, 1.82) is 0 Å². The Hall–Kier alpha value is -0.840. The van der Waals surface area contributed by atoms with Crippen molar-refractivity contribution in [2.24, 2.45) is 0 Å². The fourth-order valence-electron chi connectivity index (χ4n) is 2.97. The van der Waals surface area contributed by atoms with Crippen LogP contribution in [0.1, 0.15) is 46.4 Å². The van der Waals surface area contributed by atoms with Gasteiger partial charge in [-0.05, 0) is 37.8 Å². The lowest BCUT2D eigenvalue weighted by molar-refractivity contribution is 0.765. The van der Waals surface area contributed by atoms with Crippen LogP contribution in [0.5, 0.6) is 0 Å². The number of halogens is 1. The zero-order valence-electron chi connectivity index (χ0n) is 12.0. The van der Waals surface area contributed by atoms with E-state index in [0.717, 1.165) is 0 Å². The lowest BCUT2D eigenvalue weighted by atomic mass is 10.0. The molecule has 0 nitrogen and oxygen atoms in total. The summed E-state index contributed by atoms with van der Waals surface area (Å²) in [5, 5.41) is 0. The van der Waals surface area contributed by atoms with Gasteiger partial charge in [0.1, 0.15) is 0 Å². The Morgan fingerprint density at radius 2 is 1.10 bits per heavy atom. The largest absolute Gasteiger partial charge is 0.0951 e. The third-order valence-corrected chi connectivity index (χ3v) is 7.95. The van der Waals surface area contributed by atoms with E-state index in [1.165, 1.54) is 35.1 Å². The number of hydrogen-bond acceptors (Lipinski definition) is 0. The van der Waals surface area contributed by atoms with Gasteiger partial charge in [0, 0.05) is 18.6 Å². The molecule has 1 aliphatic rings. The molecule has 0 spiro atoms. The van der Waals surface area contributed by atoms with E-state index in [4.69, 9.17) is 11.2 Å². The topological polar surface area (TPSA) is 0 Å². The van der Waals surface area contributed by atoms with E-state index >= 15 is 0 Å². The summed E-state index contributed by atoms with van der Waals surface area (Å²) in [5.41, 5.74) is 6.59. The van der Waals surface area contributed by atoms with Gasteiger partial charge in [-0.15, -0.1) is 0 Å². The molecule has 0 amide bonds. The third-order valence-electron chi connectivity index (χ3n) is 4.23. The van der Waals surface area contributed by atoms with Crippen molar-refractivity contribution in [3.8, 4) is 0 Å². The molecule has 1 saturated heterocycles. The number of aryl methyl sites for hydroxylation is 2. The van der Waals surface area contributed by atoms with Gasteiger partial charge in [-0.25, -0.2) is 0 Å². The zero-order chi connectivity index (χ0) is 14.1. The van der Waals surface area contributed by atoms with Crippen LogP contribution in [0.25, 0.3) is 0 Å². The van der Waals surface area contributed by atoms with Crippen molar-refractivity contribution in [3.63, 3.8) is 0 Å². The van der Waals surface area contributed by atoms with E-state index in [0.29, 0.717) is 11.3 Å². The van der Waals surface area contributed by atoms with Gasteiger partial charge in [-0.2, -0.15) is 0 Å². The molecule has 104 valence electrons. The predicted octanol–water partition coefficient (Wildman–Crippen LogP) is 6.52. The smallest absolute Gasteiger partial charge is 0.0186 e. The average molecular weight is 303 g/mol. The van der Waals surface area contributed by atoms with Gasteiger partial charge in [-0.1, -0.05) is 70.9 Å². The van der Waals surface area contributed by atoms with Gasteiger partial charge in [0.15, 0.2) is 0 Å². The van der Waals surface area contributed by atoms with E-state index in [-0.39, 0.29) is 0 Å². The maximum atomic E-state index is 6.86. The number of hydrogen-bond donors (Lipinski definition) is 0. The minimum Gasteiger partial charge on any atom is -0.0951 e. The van der Waals surface area contributed by atoms with Crippen LogP contribution in [-0.2, 0) is 0 Å². The molecule has 0 saturated carbocycles. The van der Waals surface area contributed by atoms with Gasteiger partial charge < -0.3 is 0 Å². The molecule has 0 bridgehead atoms. The summed E-state index contributed by atoms with van der Waals surface area (Å²) in [7, 11) is -0.491. The third kappa shape index (κ3) is 2.78. The maximum Gasteiger partial charge on any atom is 0.0186 e. The van der Waals surface area contributed by atoms with Crippen molar-refractivity contribution < 1.29 is 0 Å². The molecule has 0 aliphatic carbocycles. The monoisotopic (exact) mass is 302 g/mol. The summed E-state index contributed by atoms with van der Waals surface area (Å²) in [6.07, 6.45) is 2.44. The lowest BCUT2D eigenvalue weighted by Crippen LogP contribution is -1.91. The van der Waals surface area contributed by atoms with Crippen molar-refractivity contribution in [3.05, 3.63) is 70.8 Å². The van der Waals surface area contributed by atoms with Gasteiger partial charge in [0.25, 0.3) is 0 Å².